The number of nitrogens with one attached hydrogen (secondary N) is 1. The maximum atomic E-state index is 13.4. The average Bonchev–Trinajstić information content (AvgIpc) is 2.25. The molecule has 1 aromatic carbocycles. The summed E-state index contributed by atoms with van der Waals surface area (Å²) in [5, 5.41) is 0. The Morgan fingerprint density at radius 3 is 2.53 bits per heavy atom. The van der Waals surface area contributed by atoms with Crippen LogP contribution >= 0.6 is 0 Å². The SMILES string of the molecule is C#CCC(NN)c1cc(C(F)(F)F)ccc1F. The molecule has 0 aromatic heterocycles. The molecule has 0 bridgehead atoms. The van der Waals surface area contributed by atoms with Crippen LogP contribution in [0.5, 0.6) is 0 Å². The quantitative estimate of drug-likeness (QED) is 0.372. The molecule has 1 aromatic rings. The Morgan fingerprint density at radius 2 is 2.06 bits per heavy atom. The first-order valence-corrected chi connectivity index (χ1v) is 4.66. The Hall–Kier alpha value is -1.58. The number of rotatable bonds is 3. The summed E-state index contributed by atoms with van der Waals surface area (Å²) in [5.41, 5.74) is 1.06. The molecule has 0 saturated heterocycles. The fraction of sp³-hybridized carbons (Fsp3) is 0.273. The highest BCUT2D eigenvalue weighted by Crippen LogP contribution is 2.32. The van der Waals surface area contributed by atoms with Crippen molar-refractivity contribution in [3.8, 4) is 12.3 Å². The lowest BCUT2D eigenvalue weighted by molar-refractivity contribution is -0.137. The van der Waals surface area contributed by atoms with E-state index in [1.807, 2.05) is 0 Å². The molecule has 0 amide bonds. The zero-order valence-corrected chi connectivity index (χ0v) is 8.68. The fourth-order valence-electron chi connectivity index (χ4n) is 1.36. The van der Waals surface area contributed by atoms with Crippen LogP contribution in [0.2, 0.25) is 0 Å². The van der Waals surface area contributed by atoms with Crippen LogP contribution in [0.3, 0.4) is 0 Å². The third kappa shape index (κ3) is 3.19. The summed E-state index contributed by atoms with van der Waals surface area (Å²) in [6.45, 7) is 0. The highest BCUT2D eigenvalue weighted by Gasteiger charge is 2.31. The second-order valence-corrected chi connectivity index (χ2v) is 3.36. The third-order valence-corrected chi connectivity index (χ3v) is 2.22. The van der Waals surface area contributed by atoms with E-state index in [0.29, 0.717) is 12.1 Å². The molecule has 6 heteroatoms. The highest BCUT2D eigenvalue weighted by atomic mass is 19.4. The second-order valence-electron chi connectivity index (χ2n) is 3.36. The van der Waals surface area contributed by atoms with Crippen LogP contribution in [0.1, 0.15) is 23.6 Å². The minimum absolute atomic E-state index is 0.00523. The van der Waals surface area contributed by atoms with Gasteiger partial charge in [-0.15, -0.1) is 12.3 Å². The van der Waals surface area contributed by atoms with Gasteiger partial charge in [-0.3, -0.25) is 11.3 Å². The van der Waals surface area contributed by atoms with Crippen molar-refractivity contribution >= 4 is 0 Å². The van der Waals surface area contributed by atoms with Gasteiger partial charge < -0.3 is 0 Å². The molecule has 0 fully saturated rings. The van der Waals surface area contributed by atoms with E-state index in [0.717, 1.165) is 6.07 Å². The molecule has 0 aliphatic rings. The molecule has 0 heterocycles. The number of benzene rings is 1. The normalized spacial score (nSPS) is 13.2. The Morgan fingerprint density at radius 1 is 1.41 bits per heavy atom. The van der Waals surface area contributed by atoms with Gasteiger partial charge in [0.05, 0.1) is 11.6 Å². The zero-order valence-electron chi connectivity index (χ0n) is 8.68. The largest absolute Gasteiger partial charge is 0.416 e. The summed E-state index contributed by atoms with van der Waals surface area (Å²) in [7, 11) is 0. The van der Waals surface area contributed by atoms with E-state index >= 15 is 0 Å². The molecule has 0 spiro atoms. The number of halogens is 4. The van der Waals surface area contributed by atoms with Gasteiger partial charge in [0.2, 0.25) is 0 Å². The van der Waals surface area contributed by atoms with Gasteiger partial charge in [0.25, 0.3) is 0 Å². The number of hydrazine groups is 1. The van der Waals surface area contributed by atoms with Crippen molar-refractivity contribution in [1.82, 2.24) is 5.43 Å². The number of nitrogens with two attached hydrogens (primary N) is 1. The van der Waals surface area contributed by atoms with Gasteiger partial charge in [0.1, 0.15) is 5.82 Å². The number of hydrogen-bond donors (Lipinski definition) is 2. The standard InChI is InChI=1S/C11H10F4N2/c1-2-3-10(17-16)8-6-7(11(13,14)15)4-5-9(8)12/h1,4-6,10,17H,3,16H2. The smallest absolute Gasteiger partial charge is 0.271 e. The molecule has 0 radical (unpaired) electrons. The Labute approximate surface area is 95.8 Å². The summed E-state index contributed by atoms with van der Waals surface area (Å²) >= 11 is 0. The minimum Gasteiger partial charge on any atom is -0.271 e. The Balaban J connectivity index is 3.19. The van der Waals surface area contributed by atoms with E-state index in [9.17, 15) is 17.6 Å². The Kier molecular flexibility index (Phi) is 4.10. The number of terminal acetylenes is 1. The van der Waals surface area contributed by atoms with Crippen LogP contribution in [0.15, 0.2) is 18.2 Å². The fourth-order valence-corrected chi connectivity index (χ4v) is 1.36. The van der Waals surface area contributed by atoms with Gasteiger partial charge in [-0.05, 0) is 18.2 Å². The molecule has 1 unspecified atom stereocenters. The van der Waals surface area contributed by atoms with E-state index in [1.54, 1.807) is 0 Å². The first-order chi connectivity index (χ1) is 7.90. The van der Waals surface area contributed by atoms with E-state index in [2.05, 4.69) is 11.3 Å². The summed E-state index contributed by atoms with van der Waals surface area (Å²) in [4.78, 5) is 0. The van der Waals surface area contributed by atoms with Gasteiger partial charge in [-0.1, -0.05) is 0 Å². The molecule has 0 saturated carbocycles. The predicted molar refractivity (Wildman–Crippen MR) is 54.9 cm³/mol. The van der Waals surface area contributed by atoms with Crippen LogP contribution in [0.25, 0.3) is 0 Å². The van der Waals surface area contributed by atoms with E-state index in [4.69, 9.17) is 12.3 Å². The second kappa shape index (κ2) is 5.17. The Bertz CT molecular complexity index is 434. The predicted octanol–water partition coefficient (Wildman–Crippen LogP) is 2.37. The van der Waals surface area contributed by atoms with Crippen molar-refractivity contribution in [2.75, 3.05) is 0 Å². The van der Waals surface area contributed by atoms with Gasteiger partial charge in [0.15, 0.2) is 0 Å². The summed E-state index contributed by atoms with van der Waals surface area (Å²) < 4.78 is 50.7. The van der Waals surface area contributed by atoms with Gasteiger partial charge >= 0.3 is 6.18 Å². The van der Waals surface area contributed by atoms with Crippen molar-refractivity contribution in [2.45, 2.75) is 18.6 Å². The van der Waals surface area contributed by atoms with Crippen molar-refractivity contribution < 1.29 is 17.6 Å². The lowest BCUT2D eigenvalue weighted by Gasteiger charge is -2.16. The van der Waals surface area contributed by atoms with Crippen LogP contribution in [0.4, 0.5) is 17.6 Å². The molecule has 3 N–H and O–H groups in total. The lowest BCUT2D eigenvalue weighted by Crippen LogP contribution is -2.28. The first-order valence-electron chi connectivity index (χ1n) is 4.66. The molecule has 1 atom stereocenters. The monoisotopic (exact) mass is 246 g/mol. The van der Waals surface area contributed by atoms with Crippen molar-refractivity contribution in [3.63, 3.8) is 0 Å². The molecule has 92 valence electrons. The molecule has 17 heavy (non-hydrogen) atoms. The van der Waals surface area contributed by atoms with Crippen molar-refractivity contribution in [1.29, 1.82) is 0 Å². The first kappa shape index (κ1) is 13.5. The molecule has 0 aliphatic heterocycles. The van der Waals surface area contributed by atoms with Crippen molar-refractivity contribution in [2.24, 2.45) is 5.84 Å². The van der Waals surface area contributed by atoms with Crippen molar-refractivity contribution in [3.05, 3.63) is 35.1 Å². The van der Waals surface area contributed by atoms with E-state index in [1.165, 1.54) is 0 Å². The molecular formula is C11H10F4N2. The average molecular weight is 246 g/mol. The molecule has 0 aliphatic carbocycles. The van der Waals surface area contributed by atoms with Crippen LogP contribution in [-0.2, 0) is 6.18 Å². The molecule has 1 rings (SSSR count). The van der Waals surface area contributed by atoms with Gasteiger partial charge in [-0.25, -0.2) is 4.39 Å². The summed E-state index contributed by atoms with van der Waals surface area (Å²) in [5.74, 6) is 6.56. The van der Waals surface area contributed by atoms with Gasteiger partial charge in [-0.2, -0.15) is 13.2 Å². The summed E-state index contributed by atoms with van der Waals surface area (Å²) in [6.07, 6.45) is 0.491. The highest BCUT2D eigenvalue weighted by molar-refractivity contribution is 5.30. The van der Waals surface area contributed by atoms with Crippen LogP contribution in [0, 0.1) is 18.2 Å². The van der Waals surface area contributed by atoms with E-state index in [-0.39, 0.29) is 12.0 Å². The zero-order chi connectivity index (χ0) is 13.1. The molecular weight excluding hydrogens is 236 g/mol. The maximum absolute atomic E-state index is 13.4. The van der Waals surface area contributed by atoms with Gasteiger partial charge in [0, 0.05) is 12.0 Å². The van der Waals surface area contributed by atoms with Crippen LogP contribution < -0.4 is 11.3 Å². The minimum atomic E-state index is -4.53. The maximum Gasteiger partial charge on any atom is 0.416 e. The van der Waals surface area contributed by atoms with Crippen LogP contribution in [-0.4, -0.2) is 0 Å². The third-order valence-electron chi connectivity index (χ3n) is 2.22. The number of alkyl halides is 3. The van der Waals surface area contributed by atoms with E-state index < -0.39 is 23.6 Å². The number of hydrogen-bond acceptors (Lipinski definition) is 2. The topological polar surface area (TPSA) is 38.0 Å². The lowest BCUT2D eigenvalue weighted by atomic mass is 10.0. The summed E-state index contributed by atoms with van der Waals surface area (Å²) in [6, 6.07) is 1.28. The molecule has 2 nitrogen and oxygen atoms in total.